The molecule has 2 aromatic rings. The van der Waals surface area contributed by atoms with E-state index in [1.165, 1.54) is 17.0 Å². The van der Waals surface area contributed by atoms with Crippen LogP contribution in [0.1, 0.15) is 25.0 Å². The molecular formula is C24H24FN3O2. The molecule has 1 aromatic heterocycles. The summed E-state index contributed by atoms with van der Waals surface area (Å²) < 4.78 is 13.5. The summed E-state index contributed by atoms with van der Waals surface area (Å²) in [5.41, 5.74) is 2.41. The lowest BCUT2D eigenvalue weighted by Crippen LogP contribution is -2.45. The molecule has 3 aliphatic rings. The van der Waals surface area contributed by atoms with E-state index in [9.17, 15) is 14.0 Å². The number of aromatic nitrogens is 1. The van der Waals surface area contributed by atoms with Gasteiger partial charge in [-0.25, -0.2) is 4.39 Å². The molecule has 3 aliphatic heterocycles. The van der Waals surface area contributed by atoms with Gasteiger partial charge in [0.05, 0.1) is 17.5 Å². The minimum Gasteiger partial charge on any atom is -0.292 e. The van der Waals surface area contributed by atoms with Gasteiger partial charge in [-0.15, -0.1) is 0 Å². The highest BCUT2D eigenvalue weighted by Crippen LogP contribution is 2.46. The maximum Gasteiger partial charge on any atom is 0.234 e. The van der Waals surface area contributed by atoms with Gasteiger partial charge in [-0.3, -0.25) is 24.4 Å². The summed E-state index contributed by atoms with van der Waals surface area (Å²) >= 11 is 0. The number of halogens is 1. The third-order valence-electron chi connectivity index (χ3n) is 6.78. The van der Waals surface area contributed by atoms with E-state index in [2.05, 4.69) is 9.88 Å². The summed E-state index contributed by atoms with van der Waals surface area (Å²) in [6.45, 7) is 0.920. The number of benzene rings is 1. The van der Waals surface area contributed by atoms with Gasteiger partial charge in [0, 0.05) is 30.9 Å². The zero-order chi connectivity index (χ0) is 20.8. The smallest absolute Gasteiger partial charge is 0.234 e. The van der Waals surface area contributed by atoms with Crippen molar-refractivity contribution >= 4 is 17.9 Å². The Labute approximate surface area is 175 Å². The summed E-state index contributed by atoms with van der Waals surface area (Å²) in [6.07, 6.45) is 8.88. The molecule has 154 valence electrons. The van der Waals surface area contributed by atoms with Gasteiger partial charge in [0.2, 0.25) is 11.8 Å². The van der Waals surface area contributed by atoms with E-state index in [0.717, 1.165) is 42.6 Å². The van der Waals surface area contributed by atoms with Gasteiger partial charge >= 0.3 is 0 Å². The quantitative estimate of drug-likeness (QED) is 0.735. The standard InChI is InChI=1S/C24H24FN3O2/c1-27-23(29)21-19-7-2-3-12-28(19)20(22(21)24(27)30)11-10-18-9-8-16(14-26-18)15-5-4-6-17(25)13-15/h4-6,8-11,13-14,19-22H,2-3,7,12H2,1H3. The predicted octanol–water partition coefficient (Wildman–Crippen LogP) is 3.37. The van der Waals surface area contributed by atoms with E-state index in [4.69, 9.17) is 0 Å². The molecule has 4 heterocycles. The first-order valence-corrected chi connectivity index (χ1v) is 10.5. The zero-order valence-electron chi connectivity index (χ0n) is 16.9. The Morgan fingerprint density at radius 2 is 1.90 bits per heavy atom. The van der Waals surface area contributed by atoms with Crippen molar-refractivity contribution in [1.82, 2.24) is 14.8 Å². The second kappa shape index (κ2) is 7.43. The first-order valence-electron chi connectivity index (χ1n) is 10.5. The maximum atomic E-state index is 13.5. The minimum absolute atomic E-state index is 0.0321. The number of hydrogen-bond acceptors (Lipinski definition) is 4. The number of rotatable bonds is 3. The maximum absolute atomic E-state index is 13.5. The van der Waals surface area contributed by atoms with Gasteiger partial charge < -0.3 is 0 Å². The number of piperidine rings is 1. The highest BCUT2D eigenvalue weighted by Gasteiger charge is 2.60. The molecule has 0 N–H and O–H groups in total. The van der Waals surface area contributed by atoms with Gasteiger partial charge in [0.25, 0.3) is 0 Å². The molecule has 0 spiro atoms. The summed E-state index contributed by atoms with van der Waals surface area (Å²) in [5, 5.41) is 0. The third-order valence-corrected chi connectivity index (χ3v) is 6.78. The number of carbonyl (C=O) groups excluding carboxylic acids is 2. The largest absolute Gasteiger partial charge is 0.292 e. The van der Waals surface area contributed by atoms with Gasteiger partial charge in [0.1, 0.15) is 5.82 Å². The number of imide groups is 1. The van der Waals surface area contributed by atoms with E-state index in [0.29, 0.717) is 0 Å². The molecule has 0 saturated carbocycles. The summed E-state index contributed by atoms with van der Waals surface area (Å²) in [5.74, 6) is -0.892. The van der Waals surface area contributed by atoms with Gasteiger partial charge in [-0.2, -0.15) is 0 Å². The first-order chi connectivity index (χ1) is 14.5. The summed E-state index contributed by atoms with van der Waals surface area (Å²) in [4.78, 5) is 33.6. The number of carbonyl (C=O) groups is 2. The van der Waals surface area contributed by atoms with Crippen molar-refractivity contribution in [3.05, 3.63) is 60.2 Å². The zero-order valence-corrected chi connectivity index (χ0v) is 16.9. The van der Waals surface area contributed by atoms with Crippen molar-refractivity contribution in [2.24, 2.45) is 11.8 Å². The lowest BCUT2D eigenvalue weighted by Gasteiger charge is -2.35. The fourth-order valence-electron chi connectivity index (χ4n) is 5.34. The molecule has 4 unspecified atom stereocenters. The minimum atomic E-state index is -0.298. The molecule has 6 heteroatoms. The van der Waals surface area contributed by atoms with Crippen molar-refractivity contribution in [2.45, 2.75) is 31.3 Å². The van der Waals surface area contributed by atoms with Gasteiger partial charge in [-0.05, 0) is 49.2 Å². The molecule has 3 fully saturated rings. The highest BCUT2D eigenvalue weighted by molar-refractivity contribution is 6.06. The third kappa shape index (κ3) is 3.06. The number of amides is 2. The molecule has 5 nitrogen and oxygen atoms in total. The van der Waals surface area contributed by atoms with E-state index in [1.54, 1.807) is 19.3 Å². The Kier molecular flexibility index (Phi) is 4.74. The Morgan fingerprint density at radius 3 is 2.67 bits per heavy atom. The van der Waals surface area contributed by atoms with Crippen molar-refractivity contribution in [1.29, 1.82) is 0 Å². The molecule has 0 bridgehead atoms. The van der Waals surface area contributed by atoms with Crippen molar-refractivity contribution in [2.75, 3.05) is 13.6 Å². The van der Waals surface area contributed by atoms with E-state index >= 15 is 0 Å². The van der Waals surface area contributed by atoms with Gasteiger partial charge in [0.15, 0.2) is 0 Å². The monoisotopic (exact) mass is 405 g/mol. The second-order valence-electron chi connectivity index (χ2n) is 8.42. The molecule has 3 saturated heterocycles. The first kappa shape index (κ1) is 19.1. The van der Waals surface area contributed by atoms with Crippen LogP contribution in [0.15, 0.2) is 48.7 Å². The van der Waals surface area contributed by atoms with Crippen LogP contribution in [0.2, 0.25) is 0 Å². The van der Waals surface area contributed by atoms with Crippen LogP contribution >= 0.6 is 0 Å². The van der Waals surface area contributed by atoms with Crippen LogP contribution < -0.4 is 0 Å². The highest BCUT2D eigenvalue weighted by atomic mass is 19.1. The topological polar surface area (TPSA) is 53.5 Å². The van der Waals surface area contributed by atoms with Crippen LogP contribution in [0.5, 0.6) is 0 Å². The SMILES string of the molecule is CN1C(=O)C2C(C1=O)C1CCCCN1C2C=Cc1ccc(-c2cccc(F)c2)cn1. The fraction of sp³-hybridized carbons (Fsp3) is 0.375. The molecule has 5 rings (SSSR count). The lowest BCUT2D eigenvalue weighted by molar-refractivity contribution is -0.139. The molecule has 0 aliphatic carbocycles. The normalized spacial score (nSPS) is 28.9. The summed E-state index contributed by atoms with van der Waals surface area (Å²) in [7, 11) is 1.60. The van der Waals surface area contributed by atoms with Crippen LogP contribution in [0, 0.1) is 17.7 Å². The Hall–Kier alpha value is -2.86. The predicted molar refractivity (Wildman–Crippen MR) is 112 cm³/mol. The Morgan fingerprint density at radius 1 is 1.07 bits per heavy atom. The van der Waals surface area contributed by atoms with E-state index in [-0.39, 0.29) is 41.6 Å². The fourth-order valence-corrected chi connectivity index (χ4v) is 5.34. The molecule has 4 atom stereocenters. The van der Waals surface area contributed by atoms with Crippen LogP contribution in [0.3, 0.4) is 0 Å². The number of nitrogens with zero attached hydrogens (tertiary/aromatic N) is 3. The van der Waals surface area contributed by atoms with Crippen molar-refractivity contribution < 1.29 is 14.0 Å². The van der Waals surface area contributed by atoms with Crippen molar-refractivity contribution in [3.63, 3.8) is 0 Å². The summed E-state index contributed by atoms with van der Waals surface area (Å²) in [6, 6.07) is 10.3. The molecule has 0 radical (unpaired) electrons. The van der Waals surface area contributed by atoms with E-state index < -0.39 is 0 Å². The molecular weight excluding hydrogens is 381 g/mol. The number of pyridine rings is 1. The Balaban J connectivity index is 1.40. The number of hydrogen-bond donors (Lipinski definition) is 0. The number of likely N-dealkylation sites (tertiary alicyclic amines) is 1. The number of fused-ring (bicyclic) bond motifs is 3. The van der Waals surface area contributed by atoms with Gasteiger partial charge in [-0.1, -0.05) is 30.7 Å². The van der Waals surface area contributed by atoms with Crippen LogP contribution in [-0.2, 0) is 9.59 Å². The average Bonchev–Trinajstić information content (AvgIpc) is 3.21. The molecule has 30 heavy (non-hydrogen) atoms. The van der Waals surface area contributed by atoms with Crippen LogP contribution in [0.4, 0.5) is 4.39 Å². The van der Waals surface area contributed by atoms with Crippen LogP contribution in [-0.4, -0.2) is 52.3 Å². The Bertz CT molecular complexity index is 1020. The second-order valence-corrected chi connectivity index (χ2v) is 8.42. The van der Waals surface area contributed by atoms with Crippen molar-refractivity contribution in [3.8, 4) is 11.1 Å². The molecule has 2 amide bonds. The molecule has 1 aromatic carbocycles. The lowest BCUT2D eigenvalue weighted by atomic mass is 9.87. The van der Waals surface area contributed by atoms with Crippen LogP contribution in [0.25, 0.3) is 17.2 Å². The average molecular weight is 405 g/mol. The van der Waals surface area contributed by atoms with E-state index in [1.807, 2.05) is 30.4 Å².